The largest absolute Gasteiger partial charge is 0.350 e. The lowest BCUT2D eigenvalue weighted by Crippen LogP contribution is -2.53. The van der Waals surface area contributed by atoms with Gasteiger partial charge in [0, 0.05) is 17.1 Å². The second kappa shape index (κ2) is 9.93. The van der Waals surface area contributed by atoms with Crippen molar-refractivity contribution in [2.24, 2.45) is 0 Å². The molecule has 1 N–H and O–H groups in total. The lowest BCUT2D eigenvalue weighted by atomic mass is 10.0. The first-order valence-corrected chi connectivity index (χ1v) is 10.4. The van der Waals surface area contributed by atoms with Crippen LogP contribution in [0.25, 0.3) is 0 Å². The number of amides is 2. The fourth-order valence-corrected chi connectivity index (χ4v) is 3.38. The van der Waals surface area contributed by atoms with Crippen LogP contribution in [0.1, 0.15) is 50.8 Å². The molecule has 0 unspecified atom stereocenters. The second-order valence-electron chi connectivity index (χ2n) is 8.48. The van der Waals surface area contributed by atoms with Crippen LogP contribution in [0.2, 0.25) is 5.02 Å². The van der Waals surface area contributed by atoms with Crippen LogP contribution >= 0.6 is 11.6 Å². The number of nitrogens with zero attached hydrogens (tertiary/aromatic N) is 1. The molecular weight excluding hydrogens is 384 g/mol. The highest BCUT2D eigenvalue weighted by Crippen LogP contribution is 2.18. The molecular formula is C24H31ClN2O2. The predicted molar refractivity (Wildman–Crippen MR) is 119 cm³/mol. The number of hydrogen-bond acceptors (Lipinski definition) is 2. The Hall–Kier alpha value is -2.33. The number of hydrogen-bond donors (Lipinski definition) is 1. The van der Waals surface area contributed by atoms with Gasteiger partial charge in [-0.15, -0.1) is 0 Å². The predicted octanol–water partition coefficient (Wildman–Crippen LogP) is 4.91. The Morgan fingerprint density at radius 2 is 1.72 bits per heavy atom. The average Bonchev–Trinajstić information content (AvgIpc) is 2.61. The van der Waals surface area contributed by atoms with Crippen LogP contribution in [-0.2, 0) is 22.6 Å². The van der Waals surface area contributed by atoms with Gasteiger partial charge in [-0.1, -0.05) is 60.5 Å². The van der Waals surface area contributed by atoms with Crippen molar-refractivity contribution in [2.75, 3.05) is 0 Å². The smallest absolute Gasteiger partial charge is 0.243 e. The van der Waals surface area contributed by atoms with E-state index in [9.17, 15) is 9.59 Å². The van der Waals surface area contributed by atoms with E-state index in [1.54, 1.807) is 17.0 Å². The molecule has 2 aromatic rings. The molecule has 0 fully saturated rings. The molecule has 0 saturated carbocycles. The highest BCUT2D eigenvalue weighted by molar-refractivity contribution is 6.30. The molecule has 5 heteroatoms. The summed E-state index contributed by atoms with van der Waals surface area (Å²) in [7, 11) is 0. The van der Waals surface area contributed by atoms with E-state index in [1.165, 1.54) is 0 Å². The Kier molecular flexibility index (Phi) is 7.86. The number of aryl methyl sites for hydroxylation is 1. The summed E-state index contributed by atoms with van der Waals surface area (Å²) in [6.07, 6.45) is 0.795. The normalized spacial score (nSPS) is 12.3. The molecule has 0 aliphatic heterocycles. The molecule has 2 aromatic carbocycles. The Morgan fingerprint density at radius 3 is 2.28 bits per heavy atom. The van der Waals surface area contributed by atoms with Crippen LogP contribution in [0.4, 0.5) is 0 Å². The van der Waals surface area contributed by atoms with Crippen molar-refractivity contribution in [3.8, 4) is 0 Å². The maximum absolute atomic E-state index is 13.3. The topological polar surface area (TPSA) is 49.4 Å². The minimum atomic E-state index is -0.540. The van der Waals surface area contributed by atoms with Crippen molar-refractivity contribution in [3.63, 3.8) is 0 Å². The van der Waals surface area contributed by atoms with Crippen molar-refractivity contribution >= 4 is 23.4 Å². The summed E-state index contributed by atoms with van der Waals surface area (Å²) in [4.78, 5) is 27.9. The molecule has 0 saturated heterocycles. The van der Waals surface area contributed by atoms with Gasteiger partial charge >= 0.3 is 0 Å². The first-order chi connectivity index (χ1) is 13.6. The molecule has 0 bridgehead atoms. The van der Waals surface area contributed by atoms with Crippen LogP contribution in [0.3, 0.4) is 0 Å². The summed E-state index contributed by atoms with van der Waals surface area (Å²) in [6.45, 7) is 10.1. The summed E-state index contributed by atoms with van der Waals surface area (Å²) >= 11 is 6.00. The van der Waals surface area contributed by atoms with Gasteiger partial charge in [0.05, 0.1) is 6.42 Å². The van der Waals surface area contributed by atoms with Gasteiger partial charge in [0.2, 0.25) is 11.8 Å². The Balaban J connectivity index is 2.30. The van der Waals surface area contributed by atoms with Gasteiger partial charge in [-0.2, -0.15) is 0 Å². The molecule has 4 nitrogen and oxygen atoms in total. The van der Waals surface area contributed by atoms with Gasteiger partial charge in [-0.05, 0) is 57.4 Å². The van der Waals surface area contributed by atoms with E-state index in [2.05, 4.69) is 5.32 Å². The zero-order valence-corrected chi connectivity index (χ0v) is 18.7. The summed E-state index contributed by atoms with van der Waals surface area (Å²) < 4.78 is 0. The summed E-state index contributed by atoms with van der Waals surface area (Å²) in [6, 6.07) is 14.8. The van der Waals surface area contributed by atoms with Gasteiger partial charge in [-0.25, -0.2) is 0 Å². The maximum Gasteiger partial charge on any atom is 0.243 e. The van der Waals surface area contributed by atoms with Crippen LogP contribution in [0.15, 0.2) is 48.5 Å². The van der Waals surface area contributed by atoms with Crippen LogP contribution < -0.4 is 5.32 Å². The first-order valence-electron chi connectivity index (χ1n) is 10.0. The summed E-state index contributed by atoms with van der Waals surface area (Å²) in [5.74, 6) is -0.201. The molecule has 2 rings (SSSR count). The maximum atomic E-state index is 13.3. The molecule has 0 spiro atoms. The number of rotatable bonds is 7. The number of halogens is 1. The van der Waals surface area contributed by atoms with Crippen LogP contribution in [0, 0.1) is 6.92 Å². The van der Waals surface area contributed by atoms with Crippen molar-refractivity contribution in [2.45, 2.75) is 65.6 Å². The van der Waals surface area contributed by atoms with Crippen molar-refractivity contribution in [1.29, 1.82) is 0 Å². The third-order valence-corrected chi connectivity index (χ3v) is 4.84. The fraction of sp³-hybridized carbons (Fsp3) is 0.417. The van der Waals surface area contributed by atoms with E-state index in [4.69, 9.17) is 11.6 Å². The monoisotopic (exact) mass is 414 g/mol. The van der Waals surface area contributed by atoms with E-state index in [-0.39, 0.29) is 23.8 Å². The minimum Gasteiger partial charge on any atom is -0.350 e. The van der Waals surface area contributed by atoms with Gasteiger partial charge < -0.3 is 10.2 Å². The fourth-order valence-electron chi connectivity index (χ4n) is 3.26. The zero-order valence-electron chi connectivity index (χ0n) is 18.0. The van der Waals surface area contributed by atoms with E-state index in [1.807, 2.05) is 71.0 Å². The SMILES string of the molecule is CC[C@@H](C(=O)NC(C)(C)C)N(Cc1ccc(Cl)cc1)C(=O)Cc1cccc(C)c1. The number of carbonyl (C=O) groups excluding carboxylic acids is 2. The lowest BCUT2D eigenvalue weighted by Gasteiger charge is -2.33. The lowest BCUT2D eigenvalue weighted by molar-refractivity contribution is -0.141. The highest BCUT2D eigenvalue weighted by Gasteiger charge is 2.30. The highest BCUT2D eigenvalue weighted by atomic mass is 35.5. The van der Waals surface area contributed by atoms with Gasteiger partial charge in [0.25, 0.3) is 0 Å². The molecule has 156 valence electrons. The molecule has 1 atom stereocenters. The quantitative estimate of drug-likeness (QED) is 0.699. The minimum absolute atomic E-state index is 0.0681. The zero-order chi connectivity index (χ0) is 21.6. The van der Waals surface area contributed by atoms with E-state index in [0.29, 0.717) is 18.0 Å². The Bertz CT molecular complexity index is 841. The van der Waals surface area contributed by atoms with Gasteiger partial charge in [0.1, 0.15) is 6.04 Å². The molecule has 29 heavy (non-hydrogen) atoms. The van der Waals surface area contributed by atoms with Crippen molar-refractivity contribution in [1.82, 2.24) is 10.2 Å². The summed E-state index contributed by atoms with van der Waals surface area (Å²) in [5.41, 5.74) is 2.63. The third-order valence-electron chi connectivity index (χ3n) is 4.59. The van der Waals surface area contributed by atoms with Crippen LogP contribution in [-0.4, -0.2) is 28.3 Å². The van der Waals surface area contributed by atoms with Crippen LogP contribution in [0.5, 0.6) is 0 Å². The van der Waals surface area contributed by atoms with E-state index in [0.717, 1.165) is 16.7 Å². The molecule has 0 heterocycles. The van der Waals surface area contributed by atoms with E-state index < -0.39 is 6.04 Å². The number of benzene rings is 2. The standard InChI is InChI=1S/C24H31ClN2O2/c1-6-21(23(29)26-24(3,4)5)27(16-18-10-12-20(25)13-11-18)22(28)15-19-9-7-8-17(2)14-19/h7-14,21H,6,15-16H2,1-5H3,(H,26,29)/t21-/m0/s1. The first kappa shape index (κ1) is 23.0. The van der Waals surface area contributed by atoms with Crippen molar-refractivity contribution < 1.29 is 9.59 Å². The number of nitrogens with one attached hydrogen (secondary N) is 1. The molecule has 0 aliphatic carbocycles. The Morgan fingerprint density at radius 1 is 1.07 bits per heavy atom. The van der Waals surface area contributed by atoms with Gasteiger partial charge in [0.15, 0.2) is 0 Å². The number of carbonyl (C=O) groups is 2. The molecule has 0 radical (unpaired) electrons. The summed E-state index contributed by atoms with van der Waals surface area (Å²) in [5, 5.41) is 3.66. The van der Waals surface area contributed by atoms with E-state index >= 15 is 0 Å². The Labute approximate surface area is 179 Å². The van der Waals surface area contributed by atoms with Gasteiger partial charge in [-0.3, -0.25) is 9.59 Å². The average molecular weight is 415 g/mol. The molecule has 0 aromatic heterocycles. The molecule has 2 amide bonds. The second-order valence-corrected chi connectivity index (χ2v) is 8.91. The molecule has 0 aliphatic rings. The van der Waals surface area contributed by atoms with Crippen molar-refractivity contribution in [3.05, 3.63) is 70.2 Å². The third kappa shape index (κ3) is 7.21.